The van der Waals surface area contributed by atoms with Gasteiger partial charge in [-0.05, 0) is 30.7 Å². The Hall–Kier alpha value is -0.620. The lowest BCUT2D eigenvalue weighted by Gasteiger charge is -2.13. The quantitative estimate of drug-likeness (QED) is 0.712. The molecule has 1 aromatic carbocycles. The third-order valence-corrected chi connectivity index (χ3v) is 3.72. The Kier molecular flexibility index (Phi) is 7.38. The maximum atomic E-state index is 10.8. The van der Waals surface area contributed by atoms with Crippen LogP contribution in [0.15, 0.2) is 18.2 Å². The molecule has 1 rings (SSSR count). The summed E-state index contributed by atoms with van der Waals surface area (Å²) in [7, 11) is -0.807. The smallest absolute Gasteiger partial charge is 0.119 e. The molecule has 108 valence electrons. The number of aryl methyl sites for hydroxylation is 1. The number of benzene rings is 1. The molecule has 1 aromatic rings. The first-order chi connectivity index (χ1) is 8.99. The van der Waals surface area contributed by atoms with Crippen LogP contribution in [0, 0.1) is 6.92 Å². The van der Waals surface area contributed by atoms with Crippen molar-refractivity contribution in [2.24, 2.45) is 0 Å². The van der Waals surface area contributed by atoms with E-state index in [1.165, 1.54) is 0 Å². The van der Waals surface area contributed by atoms with Gasteiger partial charge in [0.2, 0.25) is 0 Å². The van der Waals surface area contributed by atoms with Crippen molar-refractivity contribution in [2.75, 3.05) is 31.7 Å². The van der Waals surface area contributed by atoms with E-state index in [1.807, 2.05) is 13.0 Å². The molecule has 0 saturated carbocycles. The minimum absolute atomic E-state index is 0.212. The Labute approximate surface area is 121 Å². The lowest BCUT2D eigenvalue weighted by molar-refractivity contribution is 0.107. The molecule has 19 heavy (non-hydrogen) atoms. The molecular weight excluding hydrogens is 286 g/mol. The molecule has 0 aromatic heterocycles. The highest BCUT2D eigenvalue weighted by Gasteiger charge is 2.06. The van der Waals surface area contributed by atoms with Gasteiger partial charge in [0.05, 0.1) is 0 Å². The van der Waals surface area contributed by atoms with E-state index < -0.39 is 16.9 Å². The van der Waals surface area contributed by atoms with Crippen molar-refractivity contribution in [3.05, 3.63) is 28.8 Å². The molecule has 0 heterocycles. The summed E-state index contributed by atoms with van der Waals surface area (Å²) in [6.07, 6.45) is 1.06. The second kappa shape index (κ2) is 8.53. The SMILES string of the molecule is Cc1cc(OCC(O)CNCCS(C)=O)ccc1Cl. The van der Waals surface area contributed by atoms with Crippen molar-refractivity contribution in [1.82, 2.24) is 5.32 Å². The first-order valence-corrected chi connectivity index (χ1v) is 8.17. The van der Waals surface area contributed by atoms with E-state index in [0.29, 0.717) is 29.6 Å². The fraction of sp³-hybridized carbons (Fsp3) is 0.538. The molecular formula is C13H20ClNO3S. The average molecular weight is 306 g/mol. The van der Waals surface area contributed by atoms with Gasteiger partial charge >= 0.3 is 0 Å². The first-order valence-electron chi connectivity index (χ1n) is 6.07. The van der Waals surface area contributed by atoms with Crippen LogP contribution in [0.25, 0.3) is 0 Å². The number of rotatable bonds is 8. The van der Waals surface area contributed by atoms with E-state index in [-0.39, 0.29) is 6.61 Å². The molecule has 6 heteroatoms. The summed E-state index contributed by atoms with van der Waals surface area (Å²) in [6, 6.07) is 5.38. The molecule has 0 aliphatic heterocycles. The van der Waals surface area contributed by atoms with Crippen LogP contribution < -0.4 is 10.1 Å². The molecule has 0 spiro atoms. The Morgan fingerprint density at radius 3 is 2.89 bits per heavy atom. The molecule has 0 radical (unpaired) electrons. The average Bonchev–Trinajstić information content (AvgIpc) is 2.36. The second-order valence-electron chi connectivity index (χ2n) is 4.36. The van der Waals surface area contributed by atoms with Crippen LogP contribution in [-0.4, -0.2) is 47.1 Å². The van der Waals surface area contributed by atoms with Crippen molar-refractivity contribution < 1.29 is 14.1 Å². The standard InChI is InChI=1S/C13H20ClNO3S/c1-10-7-12(3-4-13(10)14)18-9-11(16)8-15-5-6-19(2)17/h3-4,7,11,15-16H,5-6,8-9H2,1-2H3. The molecule has 2 atom stereocenters. The Bertz CT molecular complexity index is 428. The van der Waals surface area contributed by atoms with Crippen LogP contribution in [0.5, 0.6) is 5.75 Å². The summed E-state index contributed by atoms with van der Waals surface area (Å²) in [5.74, 6) is 1.28. The van der Waals surface area contributed by atoms with Gasteiger partial charge in [-0.15, -0.1) is 0 Å². The van der Waals surface area contributed by atoms with Gasteiger partial charge < -0.3 is 15.2 Å². The van der Waals surface area contributed by atoms with E-state index >= 15 is 0 Å². The van der Waals surface area contributed by atoms with E-state index in [4.69, 9.17) is 16.3 Å². The molecule has 2 N–H and O–H groups in total. The number of aliphatic hydroxyl groups is 1. The summed E-state index contributed by atoms with van der Waals surface area (Å²) in [4.78, 5) is 0. The second-order valence-corrected chi connectivity index (χ2v) is 6.32. The third kappa shape index (κ3) is 6.92. The molecule has 0 amide bonds. The van der Waals surface area contributed by atoms with Gasteiger partial charge in [-0.1, -0.05) is 11.6 Å². The Morgan fingerprint density at radius 2 is 2.26 bits per heavy atom. The molecule has 0 aliphatic carbocycles. The number of ether oxygens (including phenoxy) is 1. The van der Waals surface area contributed by atoms with Gasteiger partial charge in [0.25, 0.3) is 0 Å². The zero-order valence-electron chi connectivity index (χ0n) is 11.2. The molecule has 0 aliphatic rings. The molecule has 2 unspecified atom stereocenters. The number of hydrogen-bond donors (Lipinski definition) is 2. The van der Waals surface area contributed by atoms with Crippen molar-refractivity contribution >= 4 is 22.4 Å². The van der Waals surface area contributed by atoms with Gasteiger partial charge in [-0.2, -0.15) is 0 Å². The van der Waals surface area contributed by atoms with Gasteiger partial charge in [0.15, 0.2) is 0 Å². The molecule has 0 bridgehead atoms. The van der Waals surface area contributed by atoms with E-state index in [0.717, 1.165) is 5.56 Å². The predicted octanol–water partition coefficient (Wildman–Crippen LogP) is 1.36. The van der Waals surface area contributed by atoms with Gasteiger partial charge in [0, 0.05) is 40.9 Å². The fourth-order valence-corrected chi connectivity index (χ4v) is 1.99. The molecule has 0 fully saturated rings. The minimum atomic E-state index is -0.807. The third-order valence-electron chi connectivity index (χ3n) is 2.52. The largest absolute Gasteiger partial charge is 0.491 e. The predicted molar refractivity (Wildman–Crippen MR) is 79.5 cm³/mol. The van der Waals surface area contributed by atoms with Crippen molar-refractivity contribution in [1.29, 1.82) is 0 Å². The summed E-state index contributed by atoms with van der Waals surface area (Å²) >= 11 is 5.91. The highest BCUT2D eigenvalue weighted by atomic mass is 35.5. The van der Waals surface area contributed by atoms with Crippen LogP contribution in [0.4, 0.5) is 0 Å². The number of aliphatic hydroxyl groups excluding tert-OH is 1. The zero-order valence-corrected chi connectivity index (χ0v) is 12.8. The zero-order chi connectivity index (χ0) is 14.3. The minimum Gasteiger partial charge on any atom is -0.491 e. The first kappa shape index (κ1) is 16.4. The normalized spacial score (nSPS) is 14.1. The van der Waals surface area contributed by atoms with Gasteiger partial charge in [-0.3, -0.25) is 4.21 Å². The summed E-state index contributed by atoms with van der Waals surface area (Å²) < 4.78 is 16.3. The number of nitrogens with one attached hydrogen (secondary N) is 1. The number of hydrogen-bond acceptors (Lipinski definition) is 4. The number of halogens is 1. The highest BCUT2D eigenvalue weighted by molar-refractivity contribution is 7.84. The monoisotopic (exact) mass is 305 g/mol. The van der Waals surface area contributed by atoms with Crippen LogP contribution in [-0.2, 0) is 10.8 Å². The van der Waals surface area contributed by atoms with Gasteiger partial charge in [0.1, 0.15) is 18.5 Å². The summed E-state index contributed by atoms with van der Waals surface area (Å²) in [6.45, 7) is 3.16. The Balaban J connectivity index is 2.24. The van der Waals surface area contributed by atoms with Crippen LogP contribution in [0.1, 0.15) is 5.56 Å². The van der Waals surface area contributed by atoms with E-state index in [2.05, 4.69) is 5.32 Å². The topological polar surface area (TPSA) is 58.6 Å². The van der Waals surface area contributed by atoms with E-state index in [9.17, 15) is 9.32 Å². The van der Waals surface area contributed by atoms with Crippen LogP contribution in [0.3, 0.4) is 0 Å². The molecule has 0 saturated heterocycles. The maximum absolute atomic E-state index is 10.8. The van der Waals surface area contributed by atoms with Crippen molar-refractivity contribution in [3.63, 3.8) is 0 Å². The lowest BCUT2D eigenvalue weighted by Crippen LogP contribution is -2.33. The summed E-state index contributed by atoms with van der Waals surface area (Å²) in [5, 5.41) is 13.4. The van der Waals surface area contributed by atoms with Crippen molar-refractivity contribution in [3.8, 4) is 5.75 Å². The Morgan fingerprint density at radius 1 is 1.53 bits per heavy atom. The van der Waals surface area contributed by atoms with Gasteiger partial charge in [-0.25, -0.2) is 0 Å². The fourth-order valence-electron chi connectivity index (χ4n) is 1.44. The molecule has 4 nitrogen and oxygen atoms in total. The van der Waals surface area contributed by atoms with E-state index in [1.54, 1.807) is 18.4 Å². The summed E-state index contributed by atoms with van der Waals surface area (Å²) in [5.41, 5.74) is 0.942. The van der Waals surface area contributed by atoms with Crippen molar-refractivity contribution in [2.45, 2.75) is 13.0 Å². The lowest BCUT2D eigenvalue weighted by atomic mass is 10.2. The van der Waals surface area contributed by atoms with Crippen LogP contribution >= 0.6 is 11.6 Å². The maximum Gasteiger partial charge on any atom is 0.119 e. The highest BCUT2D eigenvalue weighted by Crippen LogP contribution is 2.20. The van der Waals surface area contributed by atoms with Crippen LogP contribution in [0.2, 0.25) is 5.02 Å².